The summed E-state index contributed by atoms with van der Waals surface area (Å²) in [5, 5.41) is 18.4. The summed E-state index contributed by atoms with van der Waals surface area (Å²) in [5.41, 5.74) is 1.00. The number of ether oxygens (including phenoxy) is 1. The molecule has 1 heterocycles. The van der Waals surface area contributed by atoms with E-state index in [9.17, 15) is 19.5 Å². The Bertz CT molecular complexity index is 1090. The van der Waals surface area contributed by atoms with Crippen molar-refractivity contribution in [1.29, 1.82) is 0 Å². The topological polar surface area (TPSA) is 117 Å². The van der Waals surface area contributed by atoms with Gasteiger partial charge in [0.2, 0.25) is 0 Å². The molecule has 3 rings (SSSR count). The van der Waals surface area contributed by atoms with Gasteiger partial charge in [0.1, 0.15) is 5.75 Å². The van der Waals surface area contributed by atoms with E-state index in [4.69, 9.17) is 9.84 Å². The molecule has 1 aliphatic rings. The third-order valence-electron chi connectivity index (χ3n) is 4.09. The Morgan fingerprint density at radius 2 is 1.84 bits per heavy atom. The molecule has 1 amide bonds. The molecule has 1 fully saturated rings. The first kappa shape index (κ1) is 21.8. The molecule has 1 saturated heterocycles. The Hall–Kier alpha value is -3.85. The molecule has 0 saturated carbocycles. The number of benzene rings is 2. The zero-order chi connectivity index (χ0) is 22.4. The molecule has 8 nitrogen and oxygen atoms in total. The normalized spacial score (nSPS) is 16.0. The summed E-state index contributed by atoms with van der Waals surface area (Å²) in [6.07, 6.45) is 3.24. The summed E-state index contributed by atoms with van der Waals surface area (Å²) >= 11 is 1.13. The van der Waals surface area contributed by atoms with Gasteiger partial charge in [-0.15, -0.1) is 6.58 Å². The van der Waals surface area contributed by atoms with E-state index in [-0.39, 0.29) is 23.7 Å². The van der Waals surface area contributed by atoms with Crippen LogP contribution in [0.15, 0.2) is 71.1 Å². The number of carboxylic acids is 2. The second-order valence-corrected chi connectivity index (χ2v) is 7.29. The van der Waals surface area contributed by atoms with Crippen molar-refractivity contribution >= 4 is 46.5 Å². The molecule has 0 aromatic heterocycles. The van der Waals surface area contributed by atoms with Crippen LogP contribution in [0.1, 0.15) is 15.9 Å². The van der Waals surface area contributed by atoms with Crippen molar-refractivity contribution in [2.24, 2.45) is 4.99 Å². The zero-order valence-corrected chi connectivity index (χ0v) is 17.0. The van der Waals surface area contributed by atoms with Crippen LogP contribution in [0.4, 0.5) is 5.69 Å². The van der Waals surface area contributed by atoms with E-state index in [1.54, 1.807) is 54.6 Å². The number of aliphatic imine (C=N–C) groups is 1. The Balaban J connectivity index is 1.88. The van der Waals surface area contributed by atoms with Crippen molar-refractivity contribution < 1.29 is 29.3 Å². The maximum atomic E-state index is 12.9. The van der Waals surface area contributed by atoms with Gasteiger partial charge in [-0.05, 0) is 47.7 Å². The van der Waals surface area contributed by atoms with E-state index >= 15 is 0 Å². The summed E-state index contributed by atoms with van der Waals surface area (Å²) in [6.45, 7) is 3.45. The Labute approximate surface area is 182 Å². The van der Waals surface area contributed by atoms with Crippen LogP contribution >= 0.6 is 11.8 Å². The summed E-state index contributed by atoms with van der Waals surface area (Å²) in [6, 6.07) is 12.9. The van der Waals surface area contributed by atoms with Gasteiger partial charge in [-0.1, -0.05) is 30.3 Å². The number of thioether (sulfide) groups is 1. The Morgan fingerprint density at radius 1 is 1.13 bits per heavy atom. The molecule has 0 spiro atoms. The van der Waals surface area contributed by atoms with Crippen LogP contribution in [-0.2, 0) is 9.59 Å². The van der Waals surface area contributed by atoms with Gasteiger partial charge in [0, 0.05) is 6.54 Å². The standard InChI is InChI=1S/C22H18N2O6S/c1-2-11-24-20(27)18(12-14-7-9-15(10-8-14)30-13-19(25)26)31-22(24)23-17-6-4-3-5-16(17)21(28)29/h2-10,12H,1,11,13H2,(H,25,26)(H,28,29)/b18-12-,23-22?. The highest BCUT2D eigenvalue weighted by atomic mass is 32.2. The fraction of sp³-hybridized carbons (Fsp3) is 0.0909. The van der Waals surface area contributed by atoms with E-state index in [0.29, 0.717) is 21.4 Å². The quantitative estimate of drug-likeness (QED) is 0.477. The molecule has 0 radical (unpaired) electrons. The molecule has 2 N–H and O–H groups in total. The van der Waals surface area contributed by atoms with Gasteiger partial charge in [0.25, 0.3) is 5.91 Å². The van der Waals surface area contributed by atoms with Gasteiger partial charge in [0.15, 0.2) is 11.8 Å². The smallest absolute Gasteiger partial charge is 0.341 e. The monoisotopic (exact) mass is 438 g/mol. The molecule has 0 aliphatic carbocycles. The molecule has 2 aromatic rings. The fourth-order valence-electron chi connectivity index (χ4n) is 2.69. The molecule has 0 unspecified atom stereocenters. The third-order valence-corrected chi connectivity index (χ3v) is 5.10. The number of carboxylic acid groups (broad SMARTS) is 2. The van der Waals surface area contributed by atoms with Gasteiger partial charge in [-0.2, -0.15) is 0 Å². The molecule has 1 aliphatic heterocycles. The number of hydrogen-bond acceptors (Lipinski definition) is 6. The minimum atomic E-state index is -1.11. The number of carbonyl (C=O) groups is 3. The van der Waals surface area contributed by atoms with Crippen LogP contribution in [0.5, 0.6) is 5.75 Å². The first-order chi connectivity index (χ1) is 14.9. The van der Waals surface area contributed by atoms with Crippen molar-refractivity contribution in [3.8, 4) is 5.75 Å². The average molecular weight is 438 g/mol. The number of aliphatic carboxylic acids is 1. The van der Waals surface area contributed by atoms with Crippen molar-refractivity contribution in [2.75, 3.05) is 13.2 Å². The number of amidine groups is 1. The van der Waals surface area contributed by atoms with Crippen molar-refractivity contribution in [2.45, 2.75) is 0 Å². The summed E-state index contributed by atoms with van der Waals surface area (Å²) < 4.78 is 5.10. The largest absolute Gasteiger partial charge is 0.482 e. The number of hydrogen-bond donors (Lipinski definition) is 2. The molecule has 9 heteroatoms. The Morgan fingerprint density at radius 3 is 2.48 bits per heavy atom. The molecule has 158 valence electrons. The van der Waals surface area contributed by atoms with Crippen LogP contribution in [-0.4, -0.2) is 51.3 Å². The lowest BCUT2D eigenvalue weighted by Crippen LogP contribution is -2.29. The predicted octanol–water partition coefficient (Wildman–Crippen LogP) is 3.64. The highest BCUT2D eigenvalue weighted by Crippen LogP contribution is 2.35. The third kappa shape index (κ3) is 5.40. The summed E-state index contributed by atoms with van der Waals surface area (Å²) in [4.78, 5) is 41.2. The fourth-order valence-corrected chi connectivity index (χ4v) is 3.69. The zero-order valence-electron chi connectivity index (χ0n) is 16.2. The molecular weight excluding hydrogens is 420 g/mol. The minimum absolute atomic E-state index is 0.0379. The van der Waals surface area contributed by atoms with Crippen LogP contribution in [0.25, 0.3) is 6.08 Å². The summed E-state index contributed by atoms with van der Waals surface area (Å²) in [7, 11) is 0. The Kier molecular flexibility index (Phi) is 6.88. The molecule has 2 aromatic carbocycles. The number of rotatable bonds is 8. The van der Waals surface area contributed by atoms with Crippen LogP contribution in [0, 0.1) is 0 Å². The number of nitrogens with zero attached hydrogens (tertiary/aromatic N) is 2. The van der Waals surface area contributed by atoms with E-state index in [1.165, 1.54) is 11.0 Å². The average Bonchev–Trinajstić information content (AvgIpc) is 3.02. The maximum absolute atomic E-state index is 12.9. The number of para-hydroxylation sites is 1. The van der Waals surface area contributed by atoms with Gasteiger partial charge in [-0.25, -0.2) is 14.6 Å². The minimum Gasteiger partial charge on any atom is -0.482 e. The van der Waals surface area contributed by atoms with Gasteiger partial charge >= 0.3 is 11.9 Å². The molecule has 0 atom stereocenters. The van der Waals surface area contributed by atoms with Crippen LogP contribution in [0.2, 0.25) is 0 Å². The number of aromatic carboxylic acids is 1. The maximum Gasteiger partial charge on any atom is 0.341 e. The van der Waals surface area contributed by atoms with Crippen LogP contribution in [0.3, 0.4) is 0 Å². The van der Waals surface area contributed by atoms with E-state index in [0.717, 1.165) is 11.8 Å². The SMILES string of the molecule is C=CCN1C(=O)/C(=C/c2ccc(OCC(=O)O)cc2)SC1=Nc1ccccc1C(=O)O. The van der Waals surface area contributed by atoms with Crippen molar-refractivity contribution in [3.05, 3.63) is 77.2 Å². The van der Waals surface area contributed by atoms with Crippen molar-refractivity contribution in [3.63, 3.8) is 0 Å². The first-order valence-corrected chi connectivity index (χ1v) is 9.88. The number of amides is 1. The lowest BCUT2D eigenvalue weighted by molar-refractivity contribution is -0.139. The first-order valence-electron chi connectivity index (χ1n) is 9.07. The number of carbonyl (C=O) groups excluding carboxylic acids is 1. The summed E-state index contributed by atoms with van der Waals surface area (Å²) in [5.74, 6) is -2.05. The second-order valence-electron chi connectivity index (χ2n) is 6.28. The molecule has 31 heavy (non-hydrogen) atoms. The molecule has 0 bridgehead atoms. The van der Waals surface area contributed by atoms with E-state index in [2.05, 4.69) is 11.6 Å². The second kappa shape index (κ2) is 9.77. The highest BCUT2D eigenvalue weighted by Gasteiger charge is 2.32. The van der Waals surface area contributed by atoms with Gasteiger partial charge in [0.05, 0.1) is 16.2 Å². The van der Waals surface area contributed by atoms with E-state index < -0.39 is 18.5 Å². The van der Waals surface area contributed by atoms with E-state index in [1.807, 2.05) is 0 Å². The molecular formula is C22H18N2O6S. The highest BCUT2D eigenvalue weighted by molar-refractivity contribution is 8.18. The van der Waals surface area contributed by atoms with Crippen LogP contribution < -0.4 is 4.74 Å². The lowest BCUT2D eigenvalue weighted by atomic mass is 10.2. The lowest BCUT2D eigenvalue weighted by Gasteiger charge is -2.13. The predicted molar refractivity (Wildman–Crippen MR) is 118 cm³/mol. The van der Waals surface area contributed by atoms with Gasteiger partial charge in [-0.3, -0.25) is 9.69 Å². The van der Waals surface area contributed by atoms with Gasteiger partial charge < -0.3 is 14.9 Å². The van der Waals surface area contributed by atoms with Crippen molar-refractivity contribution in [1.82, 2.24) is 4.90 Å².